The molecule has 3 rings (SSSR count). The van der Waals surface area contributed by atoms with E-state index in [0.29, 0.717) is 25.9 Å². The van der Waals surface area contributed by atoms with Crippen LogP contribution in [0.4, 0.5) is 14.4 Å². The lowest BCUT2D eigenvalue weighted by molar-refractivity contribution is 0.0385. The molecular formula is C30H50N4O6. The summed E-state index contributed by atoms with van der Waals surface area (Å²) in [5, 5.41) is 9.15. The van der Waals surface area contributed by atoms with E-state index in [1.54, 1.807) is 4.90 Å². The van der Waals surface area contributed by atoms with Crippen LogP contribution in [0, 0.1) is 0 Å². The summed E-state index contributed by atoms with van der Waals surface area (Å²) in [5.74, 6) is 0. The number of rotatable bonds is 4. The molecular weight excluding hydrogens is 512 g/mol. The Bertz CT molecular complexity index is 957. The van der Waals surface area contributed by atoms with Crippen molar-refractivity contribution in [3.8, 4) is 0 Å². The van der Waals surface area contributed by atoms with E-state index in [0.717, 1.165) is 31.5 Å². The van der Waals surface area contributed by atoms with Crippen LogP contribution in [-0.4, -0.2) is 71.6 Å². The van der Waals surface area contributed by atoms with Crippen LogP contribution >= 0.6 is 0 Å². The number of amides is 3. The fourth-order valence-electron chi connectivity index (χ4n) is 4.32. The second-order valence-electron chi connectivity index (χ2n) is 13.2. The number of nitrogens with zero attached hydrogens (tertiary/aromatic N) is 1. The van der Waals surface area contributed by atoms with Gasteiger partial charge in [-0.15, -0.1) is 0 Å². The van der Waals surface area contributed by atoms with E-state index in [4.69, 9.17) is 14.2 Å². The third-order valence-corrected chi connectivity index (χ3v) is 6.64. The monoisotopic (exact) mass is 562 g/mol. The predicted molar refractivity (Wildman–Crippen MR) is 155 cm³/mol. The first-order valence-corrected chi connectivity index (χ1v) is 14.2. The number of piperidine rings is 2. The van der Waals surface area contributed by atoms with Crippen LogP contribution in [0.3, 0.4) is 0 Å². The Hall–Kier alpha value is -3.01. The first-order chi connectivity index (χ1) is 18.5. The van der Waals surface area contributed by atoms with Crippen molar-refractivity contribution < 1.29 is 28.6 Å². The van der Waals surface area contributed by atoms with Crippen LogP contribution in [-0.2, 0) is 20.8 Å². The maximum absolute atomic E-state index is 12.2. The molecule has 2 heterocycles. The molecule has 0 spiro atoms. The van der Waals surface area contributed by atoms with E-state index in [2.05, 4.69) is 22.9 Å². The summed E-state index contributed by atoms with van der Waals surface area (Å²) in [4.78, 5) is 37.4. The first kappa shape index (κ1) is 33.2. The van der Waals surface area contributed by atoms with Crippen molar-refractivity contribution >= 4 is 18.3 Å². The van der Waals surface area contributed by atoms with E-state index in [-0.39, 0.29) is 29.9 Å². The summed E-state index contributed by atoms with van der Waals surface area (Å²) in [5.41, 5.74) is -0.480. The van der Waals surface area contributed by atoms with Gasteiger partial charge in [0.15, 0.2) is 0 Å². The Labute approximate surface area is 239 Å². The molecule has 0 saturated carbocycles. The van der Waals surface area contributed by atoms with Crippen molar-refractivity contribution in [1.29, 1.82) is 0 Å². The molecule has 1 aromatic rings. The lowest BCUT2D eigenvalue weighted by atomic mass is 9.90. The van der Waals surface area contributed by atoms with Gasteiger partial charge >= 0.3 is 18.3 Å². The number of carbonyl (C=O) groups excluding carboxylic acids is 3. The smallest absolute Gasteiger partial charge is 0.410 e. The lowest BCUT2D eigenvalue weighted by Gasteiger charge is -2.39. The van der Waals surface area contributed by atoms with Gasteiger partial charge in [-0.1, -0.05) is 30.3 Å². The summed E-state index contributed by atoms with van der Waals surface area (Å²) < 4.78 is 15.9. The van der Waals surface area contributed by atoms with Gasteiger partial charge in [-0.3, -0.25) is 0 Å². The molecule has 1 aromatic carbocycles. The number of ether oxygens (including phenoxy) is 3. The normalized spacial score (nSPS) is 18.4. The van der Waals surface area contributed by atoms with Gasteiger partial charge in [0.2, 0.25) is 0 Å². The van der Waals surface area contributed by atoms with Crippen LogP contribution in [0.1, 0.15) is 86.6 Å². The third-order valence-electron chi connectivity index (χ3n) is 6.64. The summed E-state index contributed by atoms with van der Waals surface area (Å²) in [6.45, 7) is 18.4. The molecule has 226 valence electrons. The molecule has 2 aliphatic rings. The van der Waals surface area contributed by atoms with Gasteiger partial charge in [0.05, 0.1) is 0 Å². The first-order valence-electron chi connectivity index (χ1n) is 14.2. The molecule has 40 heavy (non-hydrogen) atoms. The van der Waals surface area contributed by atoms with E-state index < -0.39 is 17.3 Å². The quantitative estimate of drug-likeness (QED) is 0.423. The number of alkyl carbamates (subject to hydrolysis) is 2. The number of nitrogens with one attached hydrogen (secondary N) is 3. The Balaban J connectivity index is 0.000000319. The third kappa shape index (κ3) is 12.9. The maximum Gasteiger partial charge on any atom is 0.410 e. The Kier molecular flexibility index (Phi) is 11.7. The topological polar surface area (TPSA) is 118 Å². The van der Waals surface area contributed by atoms with Gasteiger partial charge < -0.3 is 35.1 Å². The van der Waals surface area contributed by atoms with Gasteiger partial charge in [0, 0.05) is 24.2 Å². The Morgan fingerprint density at radius 3 is 1.70 bits per heavy atom. The zero-order valence-electron chi connectivity index (χ0n) is 25.6. The molecule has 10 nitrogen and oxygen atoms in total. The zero-order valence-corrected chi connectivity index (χ0v) is 25.6. The second-order valence-corrected chi connectivity index (χ2v) is 13.2. The molecule has 0 bridgehead atoms. The zero-order chi connectivity index (χ0) is 30.0. The maximum atomic E-state index is 12.2. The van der Waals surface area contributed by atoms with Crippen LogP contribution < -0.4 is 16.0 Å². The highest BCUT2D eigenvalue weighted by Gasteiger charge is 2.35. The minimum Gasteiger partial charge on any atom is -0.445 e. The summed E-state index contributed by atoms with van der Waals surface area (Å²) >= 11 is 0. The molecule has 2 fully saturated rings. The Morgan fingerprint density at radius 1 is 0.800 bits per heavy atom. The van der Waals surface area contributed by atoms with Crippen LogP contribution in [0.25, 0.3) is 0 Å². The lowest BCUT2D eigenvalue weighted by Crippen LogP contribution is -2.55. The van der Waals surface area contributed by atoms with Gasteiger partial charge in [-0.2, -0.15) is 0 Å². The molecule has 0 aromatic heterocycles. The molecule has 3 amide bonds. The number of likely N-dealkylation sites (tertiary alicyclic amines) is 1. The predicted octanol–water partition coefficient (Wildman–Crippen LogP) is 5.36. The molecule has 0 aliphatic carbocycles. The van der Waals surface area contributed by atoms with Crippen LogP contribution in [0.5, 0.6) is 0 Å². The highest BCUT2D eigenvalue weighted by molar-refractivity contribution is 5.70. The van der Waals surface area contributed by atoms with Crippen molar-refractivity contribution in [1.82, 2.24) is 20.9 Å². The van der Waals surface area contributed by atoms with E-state index in [1.807, 2.05) is 78.8 Å². The number of carbonyl (C=O) groups is 3. The molecule has 10 heteroatoms. The van der Waals surface area contributed by atoms with Crippen LogP contribution in [0.2, 0.25) is 0 Å². The van der Waals surface area contributed by atoms with Crippen LogP contribution in [0.15, 0.2) is 30.3 Å². The van der Waals surface area contributed by atoms with Crippen molar-refractivity contribution in [2.75, 3.05) is 26.2 Å². The van der Waals surface area contributed by atoms with E-state index >= 15 is 0 Å². The second kappa shape index (κ2) is 14.1. The van der Waals surface area contributed by atoms with E-state index in [9.17, 15) is 14.4 Å². The Morgan fingerprint density at radius 2 is 1.25 bits per heavy atom. The number of hydrogen-bond donors (Lipinski definition) is 3. The highest BCUT2D eigenvalue weighted by atomic mass is 16.6. The molecule has 0 atom stereocenters. The van der Waals surface area contributed by atoms with Gasteiger partial charge in [-0.25, -0.2) is 14.4 Å². The average Bonchev–Trinajstić information content (AvgIpc) is 2.81. The summed E-state index contributed by atoms with van der Waals surface area (Å²) in [6.07, 6.45) is 2.17. The SMILES string of the molecule is CC1(NC(=O)OC(C)(C)C)CCN(C(=O)OCc2ccccc2)CC1.CC1(NC(=O)OC(C)(C)C)CCNCC1. The van der Waals surface area contributed by atoms with Crippen molar-refractivity contribution in [2.45, 2.75) is 110 Å². The summed E-state index contributed by atoms with van der Waals surface area (Å²) in [7, 11) is 0. The minimum absolute atomic E-state index is 0.117. The molecule has 0 unspecified atom stereocenters. The largest absolute Gasteiger partial charge is 0.445 e. The molecule has 2 saturated heterocycles. The fraction of sp³-hybridized carbons (Fsp3) is 0.700. The standard InChI is InChI=1S/C19H28N2O4.C11H22N2O2/c1-18(2,3)25-16(22)20-19(4)10-12-21(13-11-19)17(23)24-14-15-8-6-5-7-9-15;1-10(2,3)15-9(14)13-11(4)5-7-12-8-6-11/h5-9H,10-14H2,1-4H3,(H,20,22);12H,5-8H2,1-4H3,(H,13,14). The van der Waals surface area contributed by atoms with Crippen molar-refractivity contribution in [3.63, 3.8) is 0 Å². The minimum atomic E-state index is -0.525. The van der Waals surface area contributed by atoms with Gasteiger partial charge in [0.1, 0.15) is 17.8 Å². The average molecular weight is 563 g/mol. The summed E-state index contributed by atoms with van der Waals surface area (Å²) in [6, 6.07) is 9.60. The fourth-order valence-corrected chi connectivity index (χ4v) is 4.32. The van der Waals surface area contributed by atoms with Crippen molar-refractivity contribution in [3.05, 3.63) is 35.9 Å². The molecule has 0 radical (unpaired) electrons. The van der Waals surface area contributed by atoms with Gasteiger partial charge in [0.25, 0.3) is 0 Å². The van der Waals surface area contributed by atoms with E-state index in [1.165, 1.54) is 0 Å². The number of hydrogen-bond acceptors (Lipinski definition) is 7. The van der Waals surface area contributed by atoms with Gasteiger partial charge in [-0.05, 0) is 99.7 Å². The van der Waals surface area contributed by atoms with Crippen molar-refractivity contribution in [2.24, 2.45) is 0 Å². The molecule has 3 N–H and O–H groups in total. The highest BCUT2D eigenvalue weighted by Crippen LogP contribution is 2.23. The number of benzene rings is 1. The molecule has 2 aliphatic heterocycles.